The number of anilines is 1. The molecule has 1 atom stereocenters. The van der Waals surface area contributed by atoms with Crippen molar-refractivity contribution >= 4 is 17.7 Å². The summed E-state index contributed by atoms with van der Waals surface area (Å²) in [6.07, 6.45) is -2.15. The largest absolute Gasteiger partial charge is 0.487 e. The normalized spacial score (nSPS) is 16.6. The summed E-state index contributed by atoms with van der Waals surface area (Å²) < 4.78 is 21.1. The molecule has 10 heteroatoms. The Hall–Kier alpha value is -3.30. The molecular formula is C15H16N4O6. The third-order valence-corrected chi connectivity index (χ3v) is 3.48. The number of hydrogen-bond acceptors (Lipinski definition) is 8. The van der Waals surface area contributed by atoms with Crippen LogP contribution in [-0.2, 0) is 16.1 Å². The van der Waals surface area contributed by atoms with Gasteiger partial charge in [-0.25, -0.2) is 4.79 Å². The fourth-order valence-electron chi connectivity index (χ4n) is 2.31. The molecule has 1 aromatic heterocycles. The zero-order valence-corrected chi connectivity index (χ0v) is 13.6. The average Bonchev–Trinajstić information content (AvgIpc) is 2.96. The second-order valence-electron chi connectivity index (χ2n) is 5.27. The van der Waals surface area contributed by atoms with Crippen LogP contribution in [0.15, 0.2) is 22.6 Å². The van der Waals surface area contributed by atoms with Crippen molar-refractivity contribution in [2.24, 2.45) is 5.73 Å². The minimum atomic E-state index is -1.11. The van der Waals surface area contributed by atoms with Gasteiger partial charge in [0.2, 0.25) is 12.0 Å². The molecule has 2 N–H and O–H groups in total. The molecule has 0 bridgehead atoms. The molecule has 2 heterocycles. The summed E-state index contributed by atoms with van der Waals surface area (Å²) in [6.45, 7) is 1.65. The number of benzene rings is 1. The Kier molecular flexibility index (Phi) is 4.42. The predicted octanol–water partition coefficient (Wildman–Crippen LogP) is 0.776. The third kappa shape index (κ3) is 3.62. The Morgan fingerprint density at radius 1 is 1.44 bits per heavy atom. The number of carbonyl (C=O) groups is 2. The number of nitrogens with two attached hydrogens (primary N) is 1. The van der Waals surface area contributed by atoms with E-state index in [9.17, 15) is 9.59 Å². The zero-order valence-electron chi connectivity index (χ0n) is 13.6. The van der Waals surface area contributed by atoms with E-state index in [0.29, 0.717) is 29.0 Å². The molecule has 0 unspecified atom stereocenters. The minimum Gasteiger partial charge on any atom is -0.487 e. The summed E-state index contributed by atoms with van der Waals surface area (Å²) in [7, 11) is 1.54. The summed E-state index contributed by atoms with van der Waals surface area (Å²) in [5, 5.41) is 7.55. The lowest BCUT2D eigenvalue weighted by atomic mass is 10.2. The number of amides is 2. The molecule has 0 radical (unpaired) electrons. The standard InChI is InChI=1S/C15H16N4O6/c1-8-17-18-13(24-8)7-22-9-3-4-11-10(5-9)19(2)14(20)12(6-23-11)25-15(16)21/h3-5,12H,6-7H2,1-2H3,(H2,16,21)/t12-/m0/s1. The van der Waals surface area contributed by atoms with Crippen molar-refractivity contribution in [1.82, 2.24) is 10.2 Å². The molecule has 1 aromatic carbocycles. The van der Waals surface area contributed by atoms with Gasteiger partial charge in [0, 0.05) is 20.0 Å². The molecule has 10 nitrogen and oxygen atoms in total. The van der Waals surface area contributed by atoms with E-state index in [2.05, 4.69) is 10.2 Å². The van der Waals surface area contributed by atoms with Crippen molar-refractivity contribution in [3.8, 4) is 11.5 Å². The fraction of sp³-hybridized carbons (Fsp3) is 0.333. The molecule has 3 rings (SSSR count). The Bertz CT molecular complexity index is 805. The van der Waals surface area contributed by atoms with Crippen LogP contribution in [0.4, 0.5) is 10.5 Å². The molecule has 0 fully saturated rings. The summed E-state index contributed by atoms with van der Waals surface area (Å²) >= 11 is 0. The quantitative estimate of drug-likeness (QED) is 0.857. The van der Waals surface area contributed by atoms with Crippen molar-refractivity contribution in [2.75, 3.05) is 18.6 Å². The third-order valence-electron chi connectivity index (χ3n) is 3.48. The smallest absolute Gasteiger partial charge is 0.405 e. The zero-order chi connectivity index (χ0) is 18.0. The first kappa shape index (κ1) is 16.6. The summed E-state index contributed by atoms with van der Waals surface area (Å²) in [5.41, 5.74) is 5.45. The van der Waals surface area contributed by atoms with Crippen LogP contribution in [-0.4, -0.2) is 42.0 Å². The first-order valence-corrected chi connectivity index (χ1v) is 7.36. The van der Waals surface area contributed by atoms with Gasteiger partial charge in [-0.15, -0.1) is 10.2 Å². The lowest BCUT2D eigenvalue weighted by molar-refractivity contribution is -0.127. The first-order chi connectivity index (χ1) is 11.9. The van der Waals surface area contributed by atoms with Gasteiger partial charge in [-0.1, -0.05) is 0 Å². The average molecular weight is 348 g/mol. The van der Waals surface area contributed by atoms with E-state index < -0.39 is 18.1 Å². The Morgan fingerprint density at radius 2 is 2.24 bits per heavy atom. The van der Waals surface area contributed by atoms with Crippen LogP contribution in [0.5, 0.6) is 11.5 Å². The highest BCUT2D eigenvalue weighted by molar-refractivity contribution is 5.99. The van der Waals surface area contributed by atoms with Crippen LogP contribution >= 0.6 is 0 Å². The molecule has 2 aromatic rings. The summed E-state index contributed by atoms with van der Waals surface area (Å²) in [6, 6.07) is 4.96. The van der Waals surface area contributed by atoms with Crippen LogP contribution in [0.1, 0.15) is 11.8 Å². The van der Waals surface area contributed by atoms with Crippen molar-refractivity contribution in [3.05, 3.63) is 30.0 Å². The maximum absolute atomic E-state index is 12.4. The lowest BCUT2D eigenvalue weighted by Crippen LogP contribution is -2.41. The van der Waals surface area contributed by atoms with Gasteiger partial charge in [0.25, 0.3) is 11.8 Å². The lowest BCUT2D eigenvalue weighted by Gasteiger charge is -2.19. The number of fused-ring (bicyclic) bond motifs is 1. The van der Waals surface area contributed by atoms with Crippen molar-refractivity contribution in [3.63, 3.8) is 0 Å². The SMILES string of the molecule is Cc1nnc(COc2ccc3c(c2)N(C)C(=O)[C@@H](OC(N)=O)CO3)o1. The summed E-state index contributed by atoms with van der Waals surface area (Å²) in [4.78, 5) is 24.6. The Morgan fingerprint density at radius 3 is 2.92 bits per heavy atom. The van der Waals surface area contributed by atoms with Crippen LogP contribution in [0.2, 0.25) is 0 Å². The molecule has 1 aliphatic heterocycles. The van der Waals surface area contributed by atoms with Gasteiger partial charge >= 0.3 is 6.09 Å². The Labute approximate surface area is 142 Å². The molecule has 25 heavy (non-hydrogen) atoms. The van der Waals surface area contributed by atoms with Gasteiger partial charge in [0.15, 0.2) is 6.61 Å². The van der Waals surface area contributed by atoms with Crippen molar-refractivity contribution < 1.29 is 28.2 Å². The highest BCUT2D eigenvalue weighted by Gasteiger charge is 2.32. The maximum Gasteiger partial charge on any atom is 0.405 e. The van der Waals surface area contributed by atoms with Gasteiger partial charge < -0.3 is 29.3 Å². The van der Waals surface area contributed by atoms with Crippen LogP contribution in [0.25, 0.3) is 0 Å². The monoisotopic (exact) mass is 348 g/mol. The fourth-order valence-corrected chi connectivity index (χ4v) is 2.31. The number of nitrogens with zero attached hydrogens (tertiary/aromatic N) is 3. The van der Waals surface area contributed by atoms with Crippen LogP contribution in [0, 0.1) is 6.92 Å². The van der Waals surface area contributed by atoms with Crippen LogP contribution in [0.3, 0.4) is 0 Å². The number of likely N-dealkylation sites (N-methyl/N-ethyl adjacent to an activating group) is 1. The van der Waals surface area contributed by atoms with E-state index in [1.54, 1.807) is 32.2 Å². The van der Waals surface area contributed by atoms with E-state index in [1.165, 1.54) is 4.90 Å². The topological polar surface area (TPSA) is 130 Å². The number of rotatable bonds is 4. The van der Waals surface area contributed by atoms with E-state index in [-0.39, 0.29) is 13.2 Å². The predicted molar refractivity (Wildman–Crippen MR) is 83.2 cm³/mol. The number of carbonyl (C=O) groups excluding carboxylic acids is 2. The van der Waals surface area contributed by atoms with E-state index in [0.717, 1.165) is 0 Å². The highest BCUT2D eigenvalue weighted by Crippen LogP contribution is 2.34. The molecule has 132 valence electrons. The molecule has 0 aliphatic carbocycles. The van der Waals surface area contributed by atoms with Gasteiger partial charge in [0.05, 0.1) is 5.69 Å². The Balaban J connectivity index is 1.77. The number of primary amides is 1. The molecule has 0 saturated carbocycles. The van der Waals surface area contributed by atoms with Gasteiger partial charge in [-0.05, 0) is 12.1 Å². The second-order valence-corrected chi connectivity index (χ2v) is 5.27. The number of aryl methyl sites for hydroxylation is 1. The molecule has 0 saturated heterocycles. The molecule has 0 spiro atoms. The minimum absolute atomic E-state index is 0.0888. The van der Waals surface area contributed by atoms with Gasteiger partial charge in [0.1, 0.15) is 18.1 Å². The van der Waals surface area contributed by atoms with E-state index in [4.69, 9.17) is 24.4 Å². The second kappa shape index (κ2) is 6.67. The van der Waals surface area contributed by atoms with Crippen molar-refractivity contribution in [1.29, 1.82) is 0 Å². The first-order valence-electron chi connectivity index (χ1n) is 7.36. The molecule has 2 amide bonds. The van der Waals surface area contributed by atoms with Crippen molar-refractivity contribution in [2.45, 2.75) is 19.6 Å². The number of aromatic nitrogens is 2. The number of hydrogen-bond donors (Lipinski definition) is 1. The van der Waals surface area contributed by atoms with E-state index in [1.807, 2.05) is 0 Å². The maximum atomic E-state index is 12.4. The summed E-state index contributed by atoms with van der Waals surface area (Å²) in [5.74, 6) is 1.25. The number of ether oxygens (including phenoxy) is 3. The van der Waals surface area contributed by atoms with Crippen LogP contribution < -0.4 is 20.1 Å². The van der Waals surface area contributed by atoms with E-state index >= 15 is 0 Å². The highest BCUT2D eigenvalue weighted by atomic mass is 16.6. The molecular weight excluding hydrogens is 332 g/mol. The van der Waals surface area contributed by atoms with Gasteiger partial charge in [-0.3, -0.25) is 4.79 Å². The molecule has 1 aliphatic rings. The van der Waals surface area contributed by atoms with Gasteiger partial charge in [-0.2, -0.15) is 0 Å².